The van der Waals surface area contributed by atoms with Gasteiger partial charge < -0.3 is 10.1 Å². The van der Waals surface area contributed by atoms with E-state index in [-0.39, 0.29) is 23.2 Å². The number of benzene rings is 2. The molecule has 0 aliphatic carbocycles. The molecule has 1 unspecified atom stereocenters. The van der Waals surface area contributed by atoms with E-state index in [1.165, 1.54) is 30.3 Å². The van der Waals surface area contributed by atoms with Crippen molar-refractivity contribution >= 4 is 15.9 Å². The summed E-state index contributed by atoms with van der Waals surface area (Å²) in [4.78, 5) is 12.5. The van der Waals surface area contributed by atoms with Crippen LogP contribution in [0.4, 0.5) is 4.39 Å². The van der Waals surface area contributed by atoms with Crippen LogP contribution in [0.2, 0.25) is 0 Å². The molecular formula is C19H21FN2O4S. The molecule has 0 spiro atoms. The maximum absolute atomic E-state index is 13.2. The number of carbonyl (C=O) groups is 1. The molecule has 1 aliphatic rings. The van der Waals surface area contributed by atoms with Crippen LogP contribution in [-0.2, 0) is 27.8 Å². The second kappa shape index (κ2) is 8.06. The molecule has 0 radical (unpaired) electrons. The Labute approximate surface area is 157 Å². The molecule has 2 aromatic carbocycles. The van der Waals surface area contributed by atoms with Crippen molar-refractivity contribution in [2.24, 2.45) is 0 Å². The summed E-state index contributed by atoms with van der Waals surface area (Å²) in [6.07, 6.45) is 0.357. The third kappa shape index (κ3) is 4.64. The summed E-state index contributed by atoms with van der Waals surface area (Å²) < 4.78 is 45.5. The zero-order valence-electron chi connectivity index (χ0n) is 14.9. The van der Waals surface area contributed by atoms with Gasteiger partial charge in [-0.15, -0.1) is 0 Å². The highest BCUT2D eigenvalue weighted by Crippen LogP contribution is 2.28. The first-order valence-corrected chi connectivity index (χ1v) is 10.2. The average molecular weight is 392 g/mol. The highest BCUT2D eigenvalue weighted by Gasteiger charge is 2.26. The Balaban J connectivity index is 1.62. The fourth-order valence-corrected chi connectivity index (χ4v) is 4.05. The van der Waals surface area contributed by atoms with Gasteiger partial charge in [0.05, 0.1) is 4.90 Å². The van der Waals surface area contributed by atoms with Crippen LogP contribution in [0.1, 0.15) is 24.5 Å². The number of amides is 1. The highest BCUT2D eigenvalue weighted by atomic mass is 32.2. The molecule has 1 atom stereocenters. The molecule has 8 heteroatoms. The van der Waals surface area contributed by atoms with E-state index in [1.807, 2.05) is 0 Å². The normalized spacial score (nSPS) is 16.3. The summed E-state index contributed by atoms with van der Waals surface area (Å²) in [5, 5.41) is 2.77. The number of hydrogen-bond donors (Lipinski definition) is 2. The molecule has 1 aliphatic heterocycles. The van der Waals surface area contributed by atoms with Crippen molar-refractivity contribution in [2.75, 3.05) is 6.54 Å². The number of halogens is 1. The number of nitrogens with one attached hydrogen (secondary N) is 2. The van der Waals surface area contributed by atoms with Crippen molar-refractivity contribution in [2.45, 2.75) is 37.3 Å². The Hall–Kier alpha value is -2.45. The molecule has 2 aromatic rings. The molecular weight excluding hydrogens is 371 g/mol. The van der Waals surface area contributed by atoms with Crippen molar-refractivity contribution in [3.05, 3.63) is 59.4 Å². The average Bonchev–Trinajstić information content (AvgIpc) is 2.66. The Morgan fingerprint density at radius 2 is 2.07 bits per heavy atom. The summed E-state index contributed by atoms with van der Waals surface area (Å²) in [6, 6.07) is 10.6. The zero-order valence-corrected chi connectivity index (χ0v) is 15.7. The molecule has 0 saturated heterocycles. The van der Waals surface area contributed by atoms with Gasteiger partial charge in [0.2, 0.25) is 10.0 Å². The first-order valence-electron chi connectivity index (χ1n) is 8.70. The van der Waals surface area contributed by atoms with Gasteiger partial charge in [-0.3, -0.25) is 4.79 Å². The van der Waals surface area contributed by atoms with E-state index in [0.29, 0.717) is 30.7 Å². The van der Waals surface area contributed by atoms with Crippen LogP contribution < -0.4 is 14.8 Å². The van der Waals surface area contributed by atoms with Crippen LogP contribution in [0.25, 0.3) is 0 Å². The van der Waals surface area contributed by atoms with Crippen LogP contribution in [0, 0.1) is 5.82 Å². The fraction of sp³-hybridized carbons (Fsp3) is 0.316. The largest absolute Gasteiger partial charge is 0.480 e. The lowest BCUT2D eigenvalue weighted by Crippen LogP contribution is -2.40. The summed E-state index contributed by atoms with van der Waals surface area (Å²) in [6.45, 7) is 2.19. The highest BCUT2D eigenvalue weighted by molar-refractivity contribution is 7.89. The Bertz CT molecular complexity index is 946. The maximum atomic E-state index is 13.2. The van der Waals surface area contributed by atoms with E-state index in [9.17, 15) is 17.6 Å². The minimum Gasteiger partial charge on any atom is -0.480 e. The zero-order chi connectivity index (χ0) is 19.4. The Morgan fingerprint density at radius 3 is 2.85 bits per heavy atom. The molecule has 0 bridgehead atoms. The monoisotopic (exact) mass is 392 g/mol. The van der Waals surface area contributed by atoms with Gasteiger partial charge in [-0.05, 0) is 54.3 Å². The van der Waals surface area contributed by atoms with Crippen LogP contribution in [-0.4, -0.2) is 27.0 Å². The van der Waals surface area contributed by atoms with Crippen LogP contribution in [0.5, 0.6) is 5.75 Å². The van der Waals surface area contributed by atoms with E-state index in [4.69, 9.17) is 4.74 Å². The number of fused-ring (bicyclic) bond motifs is 1. The number of sulfonamides is 1. The number of carbonyl (C=O) groups excluding carboxylic acids is 1. The third-order valence-electron chi connectivity index (χ3n) is 4.27. The van der Waals surface area contributed by atoms with Crippen molar-refractivity contribution < 1.29 is 22.3 Å². The predicted octanol–water partition coefficient (Wildman–Crippen LogP) is 2.13. The second-order valence-electron chi connectivity index (χ2n) is 6.26. The third-order valence-corrected chi connectivity index (χ3v) is 5.81. The molecule has 6 nitrogen and oxygen atoms in total. The van der Waals surface area contributed by atoms with E-state index in [2.05, 4.69) is 10.0 Å². The lowest BCUT2D eigenvalue weighted by molar-refractivity contribution is -0.128. The second-order valence-corrected chi connectivity index (χ2v) is 8.03. The van der Waals surface area contributed by atoms with Gasteiger partial charge in [-0.2, -0.15) is 0 Å². The first-order chi connectivity index (χ1) is 12.9. The van der Waals surface area contributed by atoms with E-state index < -0.39 is 16.1 Å². The van der Waals surface area contributed by atoms with Gasteiger partial charge in [0, 0.05) is 13.1 Å². The van der Waals surface area contributed by atoms with Gasteiger partial charge in [-0.25, -0.2) is 17.5 Å². The van der Waals surface area contributed by atoms with Crippen LogP contribution in [0.3, 0.4) is 0 Å². The van der Waals surface area contributed by atoms with Gasteiger partial charge in [0.25, 0.3) is 5.91 Å². The van der Waals surface area contributed by atoms with E-state index in [0.717, 1.165) is 5.56 Å². The number of ether oxygens (including phenoxy) is 1. The molecule has 2 N–H and O–H groups in total. The number of rotatable bonds is 6. The summed E-state index contributed by atoms with van der Waals surface area (Å²) in [5.74, 6) is -0.0981. The maximum Gasteiger partial charge on any atom is 0.261 e. The molecule has 0 fully saturated rings. The van der Waals surface area contributed by atoms with E-state index in [1.54, 1.807) is 19.1 Å². The molecule has 1 amide bonds. The van der Waals surface area contributed by atoms with Gasteiger partial charge in [0.15, 0.2) is 6.10 Å². The molecule has 1 heterocycles. The van der Waals surface area contributed by atoms with Crippen molar-refractivity contribution in [1.29, 1.82) is 0 Å². The molecule has 0 saturated carbocycles. The molecule has 144 valence electrons. The predicted molar refractivity (Wildman–Crippen MR) is 98.3 cm³/mol. The van der Waals surface area contributed by atoms with Crippen molar-refractivity contribution in [3.8, 4) is 5.75 Å². The van der Waals surface area contributed by atoms with Gasteiger partial charge in [-0.1, -0.05) is 19.1 Å². The lowest BCUT2D eigenvalue weighted by Gasteiger charge is -2.25. The van der Waals surface area contributed by atoms with Crippen LogP contribution >= 0.6 is 0 Å². The molecule has 3 rings (SSSR count). The summed E-state index contributed by atoms with van der Waals surface area (Å²) in [7, 11) is -3.55. The molecule has 27 heavy (non-hydrogen) atoms. The summed E-state index contributed by atoms with van der Waals surface area (Å²) >= 11 is 0. The van der Waals surface area contributed by atoms with Gasteiger partial charge in [0.1, 0.15) is 11.6 Å². The van der Waals surface area contributed by atoms with Crippen molar-refractivity contribution in [3.63, 3.8) is 0 Å². The van der Waals surface area contributed by atoms with Crippen LogP contribution in [0.15, 0.2) is 47.4 Å². The number of aryl methyl sites for hydroxylation is 1. The standard InChI is InChI=1S/C19H21FN2O4S/c1-2-22-27(24,25)16-5-3-4-13(10-16)12-21-19(23)18-8-6-14-11-15(20)7-9-17(14)26-18/h3-5,7,9-11,18,22H,2,6,8,12H2,1H3,(H,21,23). The van der Waals surface area contributed by atoms with Crippen molar-refractivity contribution in [1.82, 2.24) is 10.0 Å². The van der Waals surface area contributed by atoms with Gasteiger partial charge >= 0.3 is 0 Å². The minimum absolute atomic E-state index is 0.154. The number of hydrogen-bond acceptors (Lipinski definition) is 4. The first kappa shape index (κ1) is 19.3. The Morgan fingerprint density at radius 1 is 1.26 bits per heavy atom. The topological polar surface area (TPSA) is 84.5 Å². The smallest absolute Gasteiger partial charge is 0.261 e. The Kier molecular flexibility index (Phi) is 5.76. The van der Waals surface area contributed by atoms with E-state index >= 15 is 0 Å². The molecule has 0 aromatic heterocycles. The quantitative estimate of drug-likeness (QED) is 0.789. The minimum atomic E-state index is -3.55. The fourth-order valence-electron chi connectivity index (χ4n) is 2.94. The SMILES string of the molecule is CCNS(=O)(=O)c1cccc(CNC(=O)C2CCc3cc(F)ccc3O2)c1. The summed E-state index contributed by atoms with van der Waals surface area (Å²) in [5.41, 5.74) is 1.42. The lowest BCUT2D eigenvalue weighted by atomic mass is 10.0.